The van der Waals surface area contributed by atoms with Gasteiger partial charge in [0.2, 0.25) is 5.91 Å². The number of nitrogens with one attached hydrogen (secondary N) is 1. The van der Waals surface area contributed by atoms with Crippen LogP contribution in [-0.4, -0.2) is 26.8 Å². The number of carboxylic acids is 1. The molecule has 2 heterocycles. The summed E-state index contributed by atoms with van der Waals surface area (Å²) in [7, 11) is 1.84. The van der Waals surface area contributed by atoms with Gasteiger partial charge in [-0.25, -0.2) is 4.79 Å². The number of nitrogens with zero attached hydrogens (tertiary/aromatic N) is 2. The second kappa shape index (κ2) is 5.92. The van der Waals surface area contributed by atoms with E-state index in [0.29, 0.717) is 5.69 Å². The lowest BCUT2D eigenvalue weighted by Crippen LogP contribution is -2.10. The summed E-state index contributed by atoms with van der Waals surface area (Å²) >= 11 is 1.07. The minimum atomic E-state index is -1.05. The Morgan fingerprint density at radius 3 is 2.71 bits per heavy atom. The maximum Gasteiger partial charge on any atom is 0.348 e. The van der Waals surface area contributed by atoms with E-state index >= 15 is 0 Å². The minimum Gasteiger partial charge on any atom is -0.477 e. The third-order valence-corrected chi connectivity index (χ3v) is 3.99. The van der Waals surface area contributed by atoms with Gasteiger partial charge in [0.25, 0.3) is 0 Å². The molecule has 21 heavy (non-hydrogen) atoms. The molecule has 1 amide bonds. The average molecular weight is 305 g/mol. The van der Waals surface area contributed by atoms with Crippen molar-refractivity contribution in [3.63, 3.8) is 0 Å². The molecule has 6 nitrogen and oxygen atoms in total. The first-order valence-corrected chi connectivity index (χ1v) is 7.08. The Hall–Kier alpha value is -2.41. The molecule has 0 aliphatic heterocycles. The molecule has 0 atom stereocenters. The first-order valence-electron chi connectivity index (χ1n) is 6.20. The third-order valence-electron chi connectivity index (χ3n) is 3.08. The molecule has 2 N–H and O–H groups in total. The second-order valence-electron chi connectivity index (χ2n) is 4.50. The Morgan fingerprint density at radius 1 is 1.43 bits per heavy atom. The predicted octanol–water partition coefficient (Wildman–Crippen LogP) is 2.45. The molecule has 0 aliphatic carbocycles. The van der Waals surface area contributed by atoms with Gasteiger partial charge in [0, 0.05) is 24.4 Å². The van der Waals surface area contributed by atoms with Crippen molar-refractivity contribution in [3.8, 4) is 0 Å². The highest BCUT2D eigenvalue weighted by Crippen LogP contribution is 2.22. The van der Waals surface area contributed by atoms with Crippen LogP contribution in [0.4, 0.5) is 5.69 Å². The summed E-state index contributed by atoms with van der Waals surface area (Å²) < 4.78 is 1.74. The van der Waals surface area contributed by atoms with E-state index in [0.717, 1.165) is 28.3 Å². The van der Waals surface area contributed by atoms with Crippen molar-refractivity contribution >= 4 is 35.0 Å². The zero-order valence-electron chi connectivity index (χ0n) is 11.9. The number of carbonyl (C=O) groups excluding carboxylic acids is 1. The van der Waals surface area contributed by atoms with Crippen molar-refractivity contribution < 1.29 is 14.7 Å². The van der Waals surface area contributed by atoms with E-state index in [9.17, 15) is 9.59 Å². The van der Waals surface area contributed by atoms with Crippen LogP contribution in [0.1, 0.15) is 26.6 Å². The molecule has 0 unspecified atom stereocenters. The summed E-state index contributed by atoms with van der Waals surface area (Å²) in [5, 5.41) is 17.4. The number of aryl methyl sites for hydroxylation is 2. The van der Waals surface area contributed by atoms with Gasteiger partial charge in [0.1, 0.15) is 4.88 Å². The van der Waals surface area contributed by atoms with Crippen molar-refractivity contribution in [2.24, 2.45) is 7.05 Å². The van der Waals surface area contributed by atoms with Gasteiger partial charge in [-0.15, -0.1) is 11.3 Å². The number of carbonyl (C=O) groups is 2. The quantitative estimate of drug-likeness (QED) is 0.850. The van der Waals surface area contributed by atoms with E-state index in [4.69, 9.17) is 5.11 Å². The normalized spacial score (nSPS) is 11.0. The molecule has 0 radical (unpaired) electrons. The van der Waals surface area contributed by atoms with E-state index in [1.165, 1.54) is 6.08 Å². The summed E-state index contributed by atoms with van der Waals surface area (Å²) in [6.07, 6.45) is 3.06. The van der Waals surface area contributed by atoms with Crippen LogP contribution >= 0.6 is 11.3 Å². The van der Waals surface area contributed by atoms with Crippen LogP contribution < -0.4 is 5.32 Å². The van der Waals surface area contributed by atoms with Gasteiger partial charge in [0.15, 0.2) is 0 Å². The molecule has 0 bridgehead atoms. The molecule has 2 rings (SSSR count). The molecule has 0 saturated heterocycles. The smallest absolute Gasteiger partial charge is 0.348 e. The standard InChI is InChI=1S/C14H15N3O3S/c1-8-10(9(2)17(3)16-8)4-5-12(18)15-11-6-7-21-13(11)14(19)20/h4-7H,1-3H3,(H,15,18)(H,19,20)/b5-4+. The third kappa shape index (κ3) is 3.19. The number of thiophene rings is 1. The van der Waals surface area contributed by atoms with Gasteiger partial charge in [-0.3, -0.25) is 9.48 Å². The largest absolute Gasteiger partial charge is 0.477 e. The first kappa shape index (κ1) is 15.0. The molecule has 0 aromatic carbocycles. The van der Waals surface area contributed by atoms with Gasteiger partial charge in [-0.05, 0) is 31.4 Å². The fraction of sp³-hybridized carbons (Fsp3) is 0.214. The van der Waals surface area contributed by atoms with Gasteiger partial charge in [0.05, 0.1) is 11.4 Å². The Morgan fingerprint density at radius 2 is 2.14 bits per heavy atom. The highest BCUT2D eigenvalue weighted by atomic mass is 32.1. The predicted molar refractivity (Wildman–Crippen MR) is 81.6 cm³/mol. The number of anilines is 1. The first-order chi connectivity index (χ1) is 9.90. The van der Waals surface area contributed by atoms with Crippen molar-refractivity contribution in [2.75, 3.05) is 5.32 Å². The summed E-state index contributed by atoms with van der Waals surface area (Å²) in [5.41, 5.74) is 2.98. The molecular formula is C14H15N3O3S. The van der Waals surface area contributed by atoms with E-state index in [1.54, 1.807) is 22.2 Å². The van der Waals surface area contributed by atoms with Crippen LogP contribution in [0.25, 0.3) is 6.08 Å². The van der Waals surface area contributed by atoms with Gasteiger partial charge < -0.3 is 10.4 Å². The molecule has 0 fully saturated rings. The maximum atomic E-state index is 11.9. The van der Waals surface area contributed by atoms with Crippen LogP contribution in [-0.2, 0) is 11.8 Å². The summed E-state index contributed by atoms with van der Waals surface area (Å²) in [6.45, 7) is 3.78. The maximum absolute atomic E-state index is 11.9. The van der Waals surface area contributed by atoms with Crippen molar-refractivity contribution in [3.05, 3.63) is 39.4 Å². The van der Waals surface area contributed by atoms with E-state index in [2.05, 4.69) is 10.4 Å². The fourth-order valence-corrected chi connectivity index (χ4v) is 2.62. The SMILES string of the molecule is Cc1nn(C)c(C)c1/C=C/C(=O)Nc1ccsc1C(=O)O. The minimum absolute atomic E-state index is 0.116. The summed E-state index contributed by atoms with van der Waals surface area (Å²) in [6, 6.07) is 1.57. The highest BCUT2D eigenvalue weighted by Gasteiger charge is 2.13. The van der Waals surface area contributed by atoms with Crippen molar-refractivity contribution in [1.82, 2.24) is 9.78 Å². The Labute approximate surface area is 125 Å². The van der Waals surface area contributed by atoms with Crippen LogP contribution in [0.5, 0.6) is 0 Å². The van der Waals surface area contributed by atoms with Gasteiger partial charge in [-0.1, -0.05) is 0 Å². The van der Waals surface area contributed by atoms with Crippen molar-refractivity contribution in [1.29, 1.82) is 0 Å². The number of hydrogen-bond acceptors (Lipinski definition) is 4. The number of amides is 1. The zero-order chi connectivity index (χ0) is 15.6. The molecule has 0 aliphatic rings. The van der Waals surface area contributed by atoms with Gasteiger partial charge >= 0.3 is 5.97 Å². The van der Waals surface area contributed by atoms with Gasteiger partial charge in [-0.2, -0.15) is 5.10 Å². The monoisotopic (exact) mass is 305 g/mol. The summed E-state index contributed by atoms with van der Waals surface area (Å²) in [5.74, 6) is -1.43. The highest BCUT2D eigenvalue weighted by molar-refractivity contribution is 7.12. The zero-order valence-corrected chi connectivity index (χ0v) is 12.7. The lowest BCUT2D eigenvalue weighted by molar-refractivity contribution is -0.111. The van der Waals surface area contributed by atoms with Crippen LogP contribution in [0, 0.1) is 13.8 Å². The number of carboxylic acid groups (broad SMARTS) is 1. The molecular weight excluding hydrogens is 290 g/mol. The fourth-order valence-electron chi connectivity index (χ4n) is 1.94. The lowest BCUT2D eigenvalue weighted by Gasteiger charge is -2.00. The van der Waals surface area contributed by atoms with E-state index < -0.39 is 5.97 Å². The Balaban J connectivity index is 2.13. The Kier molecular flexibility index (Phi) is 4.23. The molecule has 110 valence electrons. The molecule has 2 aromatic heterocycles. The molecule has 0 saturated carbocycles. The van der Waals surface area contributed by atoms with Crippen molar-refractivity contribution in [2.45, 2.75) is 13.8 Å². The molecule has 0 spiro atoms. The molecule has 7 heteroatoms. The molecule has 2 aromatic rings. The summed E-state index contributed by atoms with van der Waals surface area (Å²) in [4.78, 5) is 23.0. The van der Waals surface area contributed by atoms with Crippen LogP contribution in [0.15, 0.2) is 17.5 Å². The number of rotatable bonds is 4. The second-order valence-corrected chi connectivity index (χ2v) is 5.42. The number of hydrogen-bond donors (Lipinski definition) is 2. The number of aromatic carboxylic acids is 1. The van der Waals surface area contributed by atoms with Crippen LogP contribution in [0.3, 0.4) is 0 Å². The number of aromatic nitrogens is 2. The van der Waals surface area contributed by atoms with Crippen LogP contribution in [0.2, 0.25) is 0 Å². The lowest BCUT2D eigenvalue weighted by atomic mass is 10.2. The van der Waals surface area contributed by atoms with E-state index in [1.807, 2.05) is 20.9 Å². The van der Waals surface area contributed by atoms with E-state index in [-0.39, 0.29) is 10.8 Å². The topological polar surface area (TPSA) is 84.2 Å². The average Bonchev–Trinajstić information content (AvgIpc) is 2.94. The Bertz CT molecular complexity index is 728.